The highest BCUT2D eigenvalue weighted by Gasteiger charge is 2.29. The van der Waals surface area contributed by atoms with Gasteiger partial charge in [0.1, 0.15) is 0 Å². The molecule has 1 amide bonds. The number of morpholine rings is 1. The van der Waals surface area contributed by atoms with Gasteiger partial charge >= 0.3 is 0 Å². The van der Waals surface area contributed by atoms with E-state index in [1.165, 1.54) is 0 Å². The van der Waals surface area contributed by atoms with E-state index in [1.807, 2.05) is 48.2 Å². The Balaban J connectivity index is 2.10. The van der Waals surface area contributed by atoms with E-state index < -0.39 is 0 Å². The monoisotopic (exact) mass is 291 g/mol. The standard InChI is InChI=1S/C16H21NO2S/c1-3-13(2)15(20-14-7-5-4-6-8-14)16(18)17-9-11-19-12-10-17/h3-8,13,15H,1,9-12H2,2H3/t13-,15+/m0/s1. The van der Waals surface area contributed by atoms with E-state index in [0.29, 0.717) is 26.3 Å². The molecular weight excluding hydrogens is 270 g/mol. The Morgan fingerprint density at radius 3 is 2.60 bits per heavy atom. The number of hydrogen-bond acceptors (Lipinski definition) is 3. The number of amides is 1. The number of rotatable bonds is 5. The van der Waals surface area contributed by atoms with Gasteiger partial charge in [-0.3, -0.25) is 4.79 Å². The van der Waals surface area contributed by atoms with Crippen molar-refractivity contribution in [1.82, 2.24) is 4.90 Å². The van der Waals surface area contributed by atoms with E-state index in [1.54, 1.807) is 11.8 Å². The first kappa shape index (κ1) is 15.1. The summed E-state index contributed by atoms with van der Waals surface area (Å²) in [5.74, 6) is 0.324. The maximum Gasteiger partial charge on any atom is 0.236 e. The molecule has 1 aromatic rings. The molecule has 1 heterocycles. The molecule has 0 aromatic heterocycles. The minimum Gasteiger partial charge on any atom is -0.378 e. The molecule has 108 valence electrons. The Bertz CT molecular complexity index is 443. The van der Waals surface area contributed by atoms with Crippen LogP contribution in [0.3, 0.4) is 0 Å². The fourth-order valence-corrected chi connectivity index (χ4v) is 3.30. The van der Waals surface area contributed by atoms with Crippen molar-refractivity contribution < 1.29 is 9.53 Å². The van der Waals surface area contributed by atoms with Crippen molar-refractivity contribution in [3.63, 3.8) is 0 Å². The highest BCUT2D eigenvalue weighted by atomic mass is 32.2. The molecule has 0 N–H and O–H groups in total. The minimum absolute atomic E-state index is 0.118. The third-order valence-corrected chi connectivity index (χ3v) is 4.85. The molecule has 1 aliphatic rings. The number of nitrogens with zero attached hydrogens (tertiary/aromatic N) is 1. The third-order valence-electron chi connectivity index (χ3n) is 3.42. The van der Waals surface area contributed by atoms with E-state index in [0.717, 1.165) is 4.90 Å². The molecule has 1 saturated heterocycles. The molecule has 0 radical (unpaired) electrons. The summed E-state index contributed by atoms with van der Waals surface area (Å²) in [5, 5.41) is -0.118. The molecule has 1 aromatic carbocycles. The highest BCUT2D eigenvalue weighted by molar-refractivity contribution is 8.00. The van der Waals surface area contributed by atoms with Crippen molar-refractivity contribution in [3.8, 4) is 0 Å². The van der Waals surface area contributed by atoms with Gasteiger partial charge in [0.15, 0.2) is 0 Å². The van der Waals surface area contributed by atoms with E-state index in [2.05, 4.69) is 6.58 Å². The summed E-state index contributed by atoms with van der Waals surface area (Å²) < 4.78 is 5.31. The van der Waals surface area contributed by atoms with Gasteiger partial charge in [-0.15, -0.1) is 18.3 Å². The van der Waals surface area contributed by atoms with E-state index in [9.17, 15) is 4.79 Å². The van der Waals surface area contributed by atoms with Crippen molar-refractivity contribution in [3.05, 3.63) is 43.0 Å². The normalized spacial score (nSPS) is 18.4. The summed E-state index contributed by atoms with van der Waals surface area (Å²) >= 11 is 1.62. The molecule has 2 atom stereocenters. The SMILES string of the molecule is C=C[C@H](C)[C@@H](Sc1ccccc1)C(=O)N1CCOCC1. The van der Waals surface area contributed by atoms with Crippen LogP contribution in [0.2, 0.25) is 0 Å². The molecule has 1 aliphatic heterocycles. The number of thioether (sulfide) groups is 1. The van der Waals surface area contributed by atoms with Crippen LogP contribution in [0.15, 0.2) is 47.9 Å². The van der Waals surface area contributed by atoms with Crippen molar-refractivity contribution >= 4 is 17.7 Å². The average molecular weight is 291 g/mol. The minimum atomic E-state index is -0.118. The molecule has 2 rings (SSSR count). The molecule has 1 fully saturated rings. The Kier molecular flexibility index (Phi) is 5.68. The van der Waals surface area contributed by atoms with Crippen LogP contribution in [-0.2, 0) is 9.53 Å². The summed E-state index contributed by atoms with van der Waals surface area (Å²) in [5.41, 5.74) is 0. The number of hydrogen-bond donors (Lipinski definition) is 0. The summed E-state index contributed by atoms with van der Waals surface area (Å²) in [6.07, 6.45) is 1.86. The van der Waals surface area contributed by atoms with Crippen molar-refractivity contribution in [2.45, 2.75) is 17.1 Å². The quantitative estimate of drug-likeness (QED) is 0.617. The van der Waals surface area contributed by atoms with Gasteiger partial charge in [-0.25, -0.2) is 0 Å². The number of carbonyl (C=O) groups excluding carboxylic acids is 1. The second-order valence-corrected chi connectivity index (χ2v) is 6.10. The molecule has 0 aliphatic carbocycles. The van der Waals surface area contributed by atoms with E-state index in [4.69, 9.17) is 4.74 Å². The van der Waals surface area contributed by atoms with Gasteiger partial charge in [0, 0.05) is 18.0 Å². The number of carbonyl (C=O) groups is 1. The highest BCUT2D eigenvalue weighted by Crippen LogP contribution is 2.30. The van der Waals surface area contributed by atoms with Gasteiger partial charge in [-0.05, 0) is 18.1 Å². The van der Waals surface area contributed by atoms with Gasteiger partial charge in [0.25, 0.3) is 0 Å². The van der Waals surface area contributed by atoms with Crippen LogP contribution in [0.4, 0.5) is 0 Å². The van der Waals surface area contributed by atoms with Gasteiger partial charge in [-0.2, -0.15) is 0 Å². The molecule has 0 spiro atoms. The van der Waals surface area contributed by atoms with Gasteiger partial charge in [0.2, 0.25) is 5.91 Å². The lowest BCUT2D eigenvalue weighted by molar-refractivity contribution is -0.135. The summed E-state index contributed by atoms with van der Waals surface area (Å²) in [6, 6.07) is 10.1. The molecule has 3 nitrogen and oxygen atoms in total. The maximum absolute atomic E-state index is 12.7. The first-order valence-corrected chi connectivity index (χ1v) is 7.81. The average Bonchev–Trinajstić information content (AvgIpc) is 2.53. The molecular formula is C16H21NO2S. The van der Waals surface area contributed by atoms with Crippen LogP contribution in [-0.4, -0.2) is 42.4 Å². The second kappa shape index (κ2) is 7.50. The van der Waals surface area contributed by atoms with Gasteiger partial charge in [-0.1, -0.05) is 31.2 Å². The van der Waals surface area contributed by atoms with Crippen LogP contribution in [0.5, 0.6) is 0 Å². The van der Waals surface area contributed by atoms with Crippen molar-refractivity contribution in [2.24, 2.45) is 5.92 Å². The van der Waals surface area contributed by atoms with Crippen molar-refractivity contribution in [1.29, 1.82) is 0 Å². The predicted octanol–water partition coefficient (Wildman–Crippen LogP) is 2.83. The zero-order valence-corrected chi connectivity index (χ0v) is 12.6. The Morgan fingerprint density at radius 2 is 2.00 bits per heavy atom. The molecule has 0 unspecified atom stereocenters. The lowest BCUT2D eigenvalue weighted by Crippen LogP contribution is -2.46. The van der Waals surface area contributed by atoms with Crippen molar-refractivity contribution in [2.75, 3.05) is 26.3 Å². The van der Waals surface area contributed by atoms with E-state index >= 15 is 0 Å². The zero-order chi connectivity index (χ0) is 14.4. The van der Waals surface area contributed by atoms with Crippen LogP contribution >= 0.6 is 11.8 Å². The van der Waals surface area contributed by atoms with Crippen LogP contribution < -0.4 is 0 Å². The Labute approximate surface area is 125 Å². The second-order valence-electron chi connectivity index (χ2n) is 4.88. The smallest absolute Gasteiger partial charge is 0.236 e. The fourth-order valence-electron chi connectivity index (χ4n) is 2.12. The molecule has 0 saturated carbocycles. The lowest BCUT2D eigenvalue weighted by Gasteiger charge is -2.31. The maximum atomic E-state index is 12.7. The summed E-state index contributed by atoms with van der Waals surface area (Å²) in [6.45, 7) is 8.54. The van der Waals surface area contributed by atoms with Gasteiger partial charge in [0.05, 0.1) is 18.5 Å². The predicted molar refractivity (Wildman–Crippen MR) is 82.8 cm³/mol. The van der Waals surface area contributed by atoms with Crippen LogP contribution in [0, 0.1) is 5.92 Å². The Hall–Kier alpha value is -1.26. The zero-order valence-electron chi connectivity index (χ0n) is 11.8. The molecule has 0 bridgehead atoms. The first-order chi connectivity index (χ1) is 9.72. The lowest BCUT2D eigenvalue weighted by atomic mass is 10.1. The van der Waals surface area contributed by atoms with Crippen LogP contribution in [0.1, 0.15) is 6.92 Å². The molecule has 20 heavy (non-hydrogen) atoms. The summed E-state index contributed by atoms with van der Waals surface area (Å²) in [7, 11) is 0. The first-order valence-electron chi connectivity index (χ1n) is 6.93. The largest absolute Gasteiger partial charge is 0.378 e. The number of benzene rings is 1. The number of allylic oxidation sites excluding steroid dienone is 1. The summed E-state index contributed by atoms with van der Waals surface area (Å²) in [4.78, 5) is 15.7. The van der Waals surface area contributed by atoms with Gasteiger partial charge < -0.3 is 9.64 Å². The Morgan fingerprint density at radius 1 is 1.35 bits per heavy atom. The number of ether oxygens (including phenoxy) is 1. The third kappa shape index (κ3) is 3.87. The molecule has 4 heteroatoms. The fraction of sp³-hybridized carbons (Fsp3) is 0.438. The van der Waals surface area contributed by atoms with Crippen LogP contribution in [0.25, 0.3) is 0 Å². The van der Waals surface area contributed by atoms with E-state index in [-0.39, 0.29) is 17.1 Å². The topological polar surface area (TPSA) is 29.5 Å².